The van der Waals surface area contributed by atoms with Gasteiger partial charge < -0.3 is 11.1 Å². The number of nitrogen functional groups attached to an aromatic ring is 1. The predicted octanol–water partition coefficient (Wildman–Crippen LogP) is 1.94. The molecule has 0 spiro atoms. The van der Waals surface area contributed by atoms with Crippen LogP contribution in [-0.2, 0) is 0 Å². The maximum Gasteiger partial charge on any atom is 0.253 e. The summed E-state index contributed by atoms with van der Waals surface area (Å²) in [4.78, 5) is 11.9. The molecule has 0 bridgehead atoms. The molecule has 1 amide bonds. The number of hydrogen-bond acceptors (Lipinski definition) is 3. The Morgan fingerprint density at radius 1 is 1.37 bits per heavy atom. The standard InChI is InChI=1S/C14H18N4O/c1-9(2)12-6-7-18(17-12)13-8-10(15)4-5-11(13)14(19)16-3/h4-9H,15H2,1-3H3,(H,16,19). The van der Waals surface area contributed by atoms with Crippen LogP contribution in [0.4, 0.5) is 5.69 Å². The molecular weight excluding hydrogens is 240 g/mol. The second-order valence-corrected chi connectivity index (χ2v) is 4.70. The molecule has 0 fully saturated rings. The Morgan fingerprint density at radius 3 is 2.68 bits per heavy atom. The first-order chi connectivity index (χ1) is 9.02. The highest BCUT2D eigenvalue weighted by atomic mass is 16.1. The Labute approximate surface area is 112 Å². The molecular formula is C14H18N4O. The van der Waals surface area contributed by atoms with Crippen molar-refractivity contribution in [1.29, 1.82) is 0 Å². The average Bonchev–Trinajstić information content (AvgIpc) is 2.87. The van der Waals surface area contributed by atoms with Crippen LogP contribution in [-0.4, -0.2) is 22.7 Å². The van der Waals surface area contributed by atoms with E-state index in [1.54, 1.807) is 29.9 Å². The molecule has 0 aliphatic carbocycles. The van der Waals surface area contributed by atoms with Gasteiger partial charge in [-0.05, 0) is 30.2 Å². The Bertz CT molecular complexity index is 601. The van der Waals surface area contributed by atoms with Crippen LogP contribution in [0.5, 0.6) is 0 Å². The van der Waals surface area contributed by atoms with Gasteiger partial charge in [0.05, 0.1) is 16.9 Å². The second kappa shape index (κ2) is 5.14. The lowest BCUT2D eigenvalue weighted by molar-refractivity contribution is 0.0963. The molecule has 3 N–H and O–H groups in total. The molecule has 1 aromatic carbocycles. The van der Waals surface area contributed by atoms with Gasteiger partial charge in [-0.2, -0.15) is 5.10 Å². The van der Waals surface area contributed by atoms with Gasteiger partial charge in [-0.1, -0.05) is 13.8 Å². The van der Waals surface area contributed by atoms with Crippen LogP contribution in [0.2, 0.25) is 0 Å². The zero-order valence-electron chi connectivity index (χ0n) is 11.3. The highest BCUT2D eigenvalue weighted by Crippen LogP contribution is 2.20. The summed E-state index contributed by atoms with van der Waals surface area (Å²) in [5, 5.41) is 7.10. The van der Waals surface area contributed by atoms with E-state index in [-0.39, 0.29) is 5.91 Å². The minimum atomic E-state index is -0.156. The van der Waals surface area contributed by atoms with E-state index in [0.717, 1.165) is 5.69 Å². The maximum absolute atomic E-state index is 11.9. The maximum atomic E-state index is 11.9. The molecule has 0 unspecified atom stereocenters. The molecule has 2 aromatic rings. The molecule has 0 aliphatic rings. The first-order valence-electron chi connectivity index (χ1n) is 6.20. The second-order valence-electron chi connectivity index (χ2n) is 4.70. The predicted molar refractivity (Wildman–Crippen MR) is 75.5 cm³/mol. The van der Waals surface area contributed by atoms with E-state index in [4.69, 9.17) is 5.73 Å². The number of anilines is 1. The molecule has 1 aromatic heterocycles. The first kappa shape index (κ1) is 13.1. The fourth-order valence-electron chi connectivity index (χ4n) is 1.85. The zero-order valence-corrected chi connectivity index (χ0v) is 11.3. The number of nitrogens with one attached hydrogen (secondary N) is 1. The van der Waals surface area contributed by atoms with Gasteiger partial charge in [0.1, 0.15) is 0 Å². The number of benzene rings is 1. The lowest BCUT2D eigenvalue weighted by Gasteiger charge is -2.09. The van der Waals surface area contributed by atoms with Crippen molar-refractivity contribution in [1.82, 2.24) is 15.1 Å². The zero-order chi connectivity index (χ0) is 14.0. The molecule has 19 heavy (non-hydrogen) atoms. The van der Waals surface area contributed by atoms with Crippen molar-refractivity contribution >= 4 is 11.6 Å². The number of carbonyl (C=O) groups excluding carboxylic acids is 1. The van der Waals surface area contributed by atoms with Crippen LogP contribution in [0.3, 0.4) is 0 Å². The lowest BCUT2D eigenvalue weighted by atomic mass is 10.1. The molecule has 0 aliphatic heterocycles. The fourth-order valence-corrected chi connectivity index (χ4v) is 1.85. The SMILES string of the molecule is CNC(=O)c1ccc(N)cc1-n1ccc(C(C)C)n1. The monoisotopic (exact) mass is 258 g/mol. The molecule has 5 nitrogen and oxygen atoms in total. The van der Waals surface area contributed by atoms with Crippen LogP contribution >= 0.6 is 0 Å². The summed E-state index contributed by atoms with van der Waals surface area (Å²) in [6.45, 7) is 4.15. The number of carbonyl (C=O) groups is 1. The molecule has 0 atom stereocenters. The third-order valence-electron chi connectivity index (χ3n) is 2.94. The number of aromatic nitrogens is 2. The average molecular weight is 258 g/mol. The number of amides is 1. The van der Waals surface area contributed by atoms with Crippen LogP contribution in [0.15, 0.2) is 30.5 Å². The van der Waals surface area contributed by atoms with Crippen LogP contribution in [0.1, 0.15) is 35.8 Å². The van der Waals surface area contributed by atoms with E-state index < -0.39 is 0 Å². The van der Waals surface area contributed by atoms with Crippen LogP contribution in [0.25, 0.3) is 5.69 Å². The minimum absolute atomic E-state index is 0.156. The largest absolute Gasteiger partial charge is 0.399 e. The quantitative estimate of drug-likeness (QED) is 0.826. The fraction of sp³-hybridized carbons (Fsp3) is 0.286. The van der Waals surface area contributed by atoms with E-state index in [9.17, 15) is 4.79 Å². The molecule has 5 heteroatoms. The van der Waals surface area contributed by atoms with E-state index in [2.05, 4.69) is 24.3 Å². The molecule has 2 rings (SSSR count). The minimum Gasteiger partial charge on any atom is -0.399 e. The van der Waals surface area contributed by atoms with Crippen molar-refractivity contribution in [2.45, 2.75) is 19.8 Å². The van der Waals surface area contributed by atoms with Crippen molar-refractivity contribution in [3.63, 3.8) is 0 Å². The lowest BCUT2D eigenvalue weighted by Crippen LogP contribution is -2.20. The molecule has 0 saturated carbocycles. The van der Waals surface area contributed by atoms with E-state index >= 15 is 0 Å². The van der Waals surface area contributed by atoms with Crippen molar-refractivity contribution in [3.8, 4) is 5.69 Å². The van der Waals surface area contributed by atoms with Gasteiger partial charge in [0.15, 0.2) is 0 Å². The normalized spacial score (nSPS) is 10.7. The van der Waals surface area contributed by atoms with Gasteiger partial charge >= 0.3 is 0 Å². The van der Waals surface area contributed by atoms with Gasteiger partial charge in [-0.15, -0.1) is 0 Å². The Morgan fingerprint density at radius 2 is 2.11 bits per heavy atom. The molecule has 1 heterocycles. The first-order valence-corrected chi connectivity index (χ1v) is 6.20. The van der Waals surface area contributed by atoms with E-state index in [0.29, 0.717) is 22.9 Å². The van der Waals surface area contributed by atoms with Crippen LogP contribution < -0.4 is 11.1 Å². The summed E-state index contributed by atoms with van der Waals surface area (Å²) in [5.74, 6) is 0.183. The summed E-state index contributed by atoms with van der Waals surface area (Å²) >= 11 is 0. The topological polar surface area (TPSA) is 72.9 Å². The number of rotatable bonds is 3. The number of nitrogens with two attached hydrogens (primary N) is 1. The van der Waals surface area contributed by atoms with Gasteiger partial charge in [0, 0.05) is 18.9 Å². The van der Waals surface area contributed by atoms with Crippen molar-refractivity contribution in [3.05, 3.63) is 41.7 Å². The Hall–Kier alpha value is -2.30. The molecule has 0 radical (unpaired) electrons. The third kappa shape index (κ3) is 2.59. The van der Waals surface area contributed by atoms with Gasteiger partial charge in [-0.3, -0.25) is 4.79 Å². The number of nitrogens with zero attached hydrogens (tertiary/aromatic N) is 2. The Balaban J connectivity index is 2.52. The summed E-state index contributed by atoms with van der Waals surface area (Å²) < 4.78 is 1.69. The van der Waals surface area contributed by atoms with E-state index in [1.165, 1.54) is 0 Å². The van der Waals surface area contributed by atoms with Crippen molar-refractivity contribution in [2.75, 3.05) is 12.8 Å². The summed E-state index contributed by atoms with van der Waals surface area (Å²) in [7, 11) is 1.60. The summed E-state index contributed by atoms with van der Waals surface area (Å²) in [6.07, 6.45) is 1.84. The smallest absolute Gasteiger partial charge is 0.253 e. The van der Waals surface area contributed by atoms with Crippen molar-refractivity contribution < 1.29 is 4.79 Å². The molecule has 0 saturated heterocycles. The summed E-state index contributed by atoms with van der Waals surface area (Å²) in [6, 6.07) is 7.12. The highest BCUT2D eigenvalue weighted by Gasteiger charge is 2.13. The molecule has 100 valence electrons. The van der Waals surface area contributed by atoms with Gasteiger partial charge in [0.25, 0.3) is 5.91 Å². The van der Waals surface area contributed by atoms with Crippen molar-refractivity contribution in [2.24, 2.45) is 0 Å². The number of hydrogen-bond donors (Lipinski definition) is 2. The highest BCUT2D eigenvalue weighted by molar-refractivity contribution is 5.98. The van der Waals surface area contributed by atoms with Gasteiger partial charge in [0.2, 0.25) is 0 Å². The Kier molecular flexibility index (Phi) is 3.55. The van der Waals surface area contributed by atoms with Gasteiger partial charge in [-0.25, -0.2) is 4.68 Å². The summed E-state index contributed by atoms with van der Waals surface area (Å²) in [5.41, 5.74) is 8.62. The third-order valence-corrected chi connectivity index (χ3v) is 2.94. The van der Waals surface area contributed by atoms with Crippen LogP contribution in [0, 0.1) is 0 Å². The van der Waals surface area contributed by atoms with E-state index in [1.807, 2.05) is 12.3 Å².